The maximum Gasteiger partial charge on any atom is 0.318 e. The molecule has 0 spiro atoms. The Kier molecular flexibility index (Phi) is 4.10. The van der Waals surface area contributed by atoms with Crippen molar-refractivity contribution in [3.63, 3.8) is 0 Å². The maximum atomic E-state index is 12.9. The van der Waals surface area contributed by atoms with Gasteiger partial charge in [-0.05, 0) is 6.07 Å². The van der Waals surface area contributed by atoms with Crippen LogP contribution in [0.2, 0.25) is 0 Å². The average molecular weight is 376 g/mol. The number of nitrogens with zero attached hydrogens (tertiary/aromatic N) is 3. The van der Waals surface area contributed by atoms with Crippen molar-refractivity contribution in [2.24, 2.45) is 7.05 Å². The zero-order valence-electron chi connectivity index (χ0n) is 14.3. The normalized spacial score (nSPS) is 24.0. The highest BCUT2D eigenvalue weighted by atomic mass is 32.2. The molecule has 8 nitrogen and oxygen atoms in total. The van der Waals surface area contributed by atoms with Crippen LogP contribution < -0.4 is 10.1 Å². The first-order chi connectivity index (χ1) is 12.4. The van der Waals surface area contributed by atoms with Crippen LogP contribution in [0, 0.1) is 0 Å². The van der Waals surface area contributed by atoms with Gasteiger partial charge >= 0.3 is 6.03 Å². The lowest BCUT2D eigenvalue weighted by Gasteiger charge is -2.35. The Bertz CT molecular complexity index is 940. The molecule has 0 radical (unpaired) electrons. The first-order valence-electron chi connectivity index (χ1n) is 8.41. The van der Waals surface area contributed by atoms with E-state index in [2.05, 4.69) is 10.4 Å². The zero-order valence-corrected chi connectivity index (χ0v) is 15.1. The second-order valence-electron chi connectivity index (χ2n) is 6.62. The Labute approximate surface area is 151 Å². The fourth-order valence-corrected chi connectivity index (χ4v) is 4.95. The predicted molar refractivity (Wildman–Crippen MR) is 94.5 cm³/mol. The van der Waals surface area contributed by atoms with Crippen LogP contribution >= 0.6 is 0 Å². The van der Waals surface area contributed by atoms with Crippen LogP contribution in [0.15, 0.2) is 36.7 Å². The molecule has 1 aromatic carbocycles. The molecular weight excluding hydrogens is 356 g/mol. The molecule has 1 aromatic heterocycles. The predicted octanol–water partition coefficient (Wildman–Crippen LogP) is 1.03. The molecule has 2 atom stereocenters. The summed E-state index contributed by atoms with van der Waals surface area (Å²) in [6.45, 7) is 0.526. The van der Waals surface area contributed by atoms with E-state index in [1.54, 1.807) is 29.0 Å². The average Bonchev–Trinajstić information content (AvgIpc) is 3.21. The van der Waals surface area contributed by atoms with Crippen LogP contribution in [0.1, 0.15) is 23.2 Å². The van der Waals surface area contributed by atoms with Gasteiger partial charge in [0.25, 0.3) is 0 Å². The number of aryl methyl sites for hydroxylation is 1. The number of nitrogens with one attached hydrogen (secondary N) is 1. The van der Waals surface area contributed by atoms with Crippen LogP contribution in [0.4, 0.5) is 4.79 Å². The third-order valence-electron chi connectivity index (χ3n) is 4.80. The van der Waals surface area contributed by atoms with Gasteiger partial charge in [0.2, 0.25) is 0 Å². The summed E-state index contributed by atoms with van der Waals surface area (Å²) in [5.41, 5.74) is 1.65. The lowest BCUT2D eigenvalue weighted by atomic mass is 10.1. The molecule has 4 rings (SSSR count). The lowest BCUT2D eigenvalue weighted by molar-refractivity contribution is 0.174. The molecule has 0 unspecified atom stereocenters. The summed E-state index contributed by atoms with van der Waals surface area (Å²) in [4.78, 5) is 14.5. The van der Waals surface area contributed by atoms with Crippen molar-refractivity contribution in [1.82, 2.24) is 20.0 Å². The van der Waals surface area contributed by atoms with Crippen LogP contribution in [-0.2, 0) is 16.9 Å². The van der Waals surface area contributed by atoms with E-state index < -0.39 is 15.9 Å². The van der Waals surface area contributed by atoms with Crippen LogP contribution in [0.3, 0.4) is 0 Å². The molecule has 3 heterocycles. The smallest absolute Gasteiger partial charge is 0.318 e. The Morgan fingerprint density at radius 2 is 2.15 bits per heavy atom. The summed E-state index contributed by atoms with van der Waals surface area (Å²) in [7, 11) is -1.43. The van der Waals surface area contributed by atoms with Crippen molar-refractivity contribution in [2.75, 3.05) is 24.7 Å². The fourth-order valence-electron chi connectivity index (χ4n) is 3.45. The van der Waals surface area contributed by atoms with Gasteiger partial charge in [0.15, 0.2) is 9.84 Å². The van der Waals surface area contributed by atoms with Crippen molar-refractivity contribution in [3.8, 4) is 5.75 Å². The van der Waals surface area contributed by atoms with E-state index in [0.717, 1.165) is 11.3 Å². The second-order valence-corrected chi connectivity index (χ2v) is 8.85. The van der Waals surface area contributed by atoms with Gasteiger partial charge in [-0.15, -0.1) is 0 Å². The molecule has 0 aliphatic carbocycles. The van der Waals surface area contributed by atoms with Gasteiger partial charge in [-0.1, -0.05) is 18.2 Å². The quantitative estimate of drug-likeness (QED) is 0.845. The largest absolute Gasteiger partial charge is 0.491 e. The fraction of sp³-hybridized carbons (Fsp3) is 0.412. The van der Waals surface area contributed by atoms with Crippen molar-refractivity contribution in [1.29, 1.82) is 0 Å². The zero-order chi connectivity index (χ0) is 18.3. The molecule has 1 fully saturated rings. The highest BCUT2D eigenvalue weighted by Gasteiger charge is 2.37. The van der Waals surface area contributed by atoms with Crippen molar-refractivity contribution >= 4 is 15.9 Å². The molecule has 0 bridgehead atoms. The summed E-state index contributed by atoms with van der Waals surface area (Å²) < 4.78 is 31.4. The summed E-state index contributed by atoms with van der Waals surface area (Å²) >= 11 is 0. The van der Waals surface area contributed by atoms with Crippen molar-refractivity contribution < 1.29 is 17.9 Å². The number of fused-ring (bicyclic) bond motifs is 1. The van der Waals surface area contributed by atoms with Crippen LogP contribution in [0.25, 0.3) is 0 Å². The number of aromatic nitrogens is 2. The van der Waals surface area contributed by atoms with E-state index in [0.29, 0.717) is 12.2 Å². The highest BCUT2D eigenvalue weighted by molar-refractivity contribution is 7.91. The SMILES string of the molecule is Cn1cc([C@H]2CS(=O)(=O)CCN2C(=O)N[C@H]2COc3ccccc32)cn1. The number of amides is 2. The van der Waals surface area contributed by atoms with Gasteiger partial charge in [0, 0.05) is 30.9 Å². The lowest BCUT2D eigenvalue weighted by Crippen LogP contribution is -2.50. The standard InChI is InChI=1S/C17H20N4O4S/c1-20-9-12(8-18-20)15-11-26(23,24)7-6-21(15)17(22)19-14-10-25-16-5-3-2-4-13(14)16/h2-5,8-9,14-15H,6-7,10-11H2,1H3,(H,19,22)/t14-,15+/m0/s1. The van der Waals surface area contributed by atoms with Gasteiger partial charge in [-0.3, -0.25) is 4.68 Å². The highest BCUT2D eigenvalue weighted by Crippen LogP contribution is 2.33. The van der Waals surface area contributed by atoms with Gasteiger partial charge in [0.1, 0.15) is 12.4 Å². The molecule has 1 saturated heterocycles. The number of ether oxygens (including phenoxy) is 1. The van der Waals surface area contributed by atoms with Crippen molar-refractivity contribution in [2.45, 2.75) is 12.1 Å². The summed E-state index contributed by atoms with van der Waals surface area (Å²) in [5, 5.41) is 7.09. The van der Waals surface area contributed by atoms with E-state index in [9.17, 15) is 13.2 Å². The number of carbonyl (C=O) groups is 1. The minimum atomic E-state index is -3.20. The number of carbonyl (C=O) groups excluding carboxylic acids is 1. The minimum absolute atomic E-state index is 0.0328. The maximum absolute atomic E-state index is 12.9. The first-order valence-corrected chi connectivity index (χ1v) is 10.2. The Morgan fingerprint density at radius 1 is 1.35 bits per heavy atom. The number of hydrogen-bond donors (Lipinski definition) is 1. The summed E-state index contributed by atoms with van der Waals surface area (Å²) in [5.74, 6) is 0.640. The topological polar surface area (TPSA) is 93.5 Å². The minimum Gasteiger partial charge on any atom is -0.491 e. The molecular formula is C17H20N4O4S. The van der Waals surface area contributed by atoms with E-state index in [4.69, 9.17) is 4.74 Å². The van der Waals surface area contributed by atoms with E-state index >= 15 is 0 Å². The van der Waals surface area contributed by atoms with E-state index in [1.807, 2.05) is 24.3 Å². The molecule has 2 aliphatic heterocycles. The molecule has 0 saturated carbocycles. The van der Waals surface area contributed by atoms with E-state index in [1.165, 1.54) is 0 Å². The van der Waals surface area contributed by atoms with Gasteiger partial charge in [0.05, 0.1) is 29.8 Å². The number of sulfone groups is 1. The first kappa shape index (κ1) is 16.9. The number of rotatable bonds is 2. The Hall–Kier alpha value is -2.55. The molecule has 26 heavy (non-hydrogen) atoms. The Balaban J connectivity index is 1.56. The second kappa shape index (κ2) is 6.31. The Morgan fingerprint density at radius 3 is 2.92 bits per heavy atom. The van der Waals surface area contributed by atoms with Gasteiger partial charge in [-0.2, -0.15) is 5.10 Å². The molecule has 2 aliphatic rings. The molecule has 2 amide bonds. The van der Waals surface area contributed by atoms with E-state index in [-0.39, 0.29) is 30.1 Å². The number of urea groups is 1. The van der Waals surface area contributed by atoms with Crippen LogP contribution in [-0.4, -0.2) is 53.8 Å². The van der Waals surface area contributed by atoms with Crippen molar-refractivity contribution in [3.05, 3.63) is 47.8 Å². The molecule has 1 N–H and O–H groups in total. The van der Waals surface area contributed by atoms with Gasteiger partial charge in [-0.25, -0.2) is 13.2 Å². The summed E-state index contributed by atoms with van der Waals surface area (Å²) in [6, 6.07) is 6.50. The third-order valence-corrected chi connectivity index (χ3v) is 6.43. The number of benzene rings is 1. The summed E-state index contributed by atoms with van der Waals surface area (Å²) in [6.07, 6.45) is 3.36. The third kappa shape index (κ3) is 3.14. The molecule has 138 valence electrons. The molecule has 9 heteroatoms. The van der Waals surface area contributed by atoms with Gasteiger partial charge < -0.3 is 15.0 Å². The number of hydrogen-bond acceptors (Lipinski definition) is 5. The monoisotopic (exact) mass is 376 g/mol. The van der Waals surface area contributed by atoms with Crippen LogP contribution in [0.5, 0.6) is 5.75 Å². The molecule has 2 aromatic rings. The number of para-hydroxylation sites is 1.